The molecule has 1 aliphatic heterocycles. The number of allylic oxidation sites excluding steroid dienone is 3. The second kappa shape index (κ2) is 5.95. The first-order valence-electron chi connectivity index (χ1n) is 6.96. The fraction of sp³-hybridized carbons (Fsp3) is 0.286. The van der Waals surface area contributed by atoms with Crippen LogP contribution in [0.5, 0.6) is 0 Å². The molecule has 2 aliphatic rings. The van der Waals surface area contributed by atoms with Gasteiger partial charge in [0.25, 0.3) is 0 Å². The van der Waals surface area contributed by atoms with Crippen molar-refractivity contribution in [1.29, 1.82) is 0 Å². The lowest BCUT2D eigenvalue weighted by Gasteiger charge is -2.41. The minimum absolute atomic E-state index is 0.482. The minimum atomic E-state index is -6.66. The van der Waals surface area contributed by atoms with Gasteiger partial charge in [0.15, 0.2) is 0 Å². The first-order chi connectivity index (χ1) is 12.2. The highest BCUT2D eigenvalue weighted by Crippen LogP contribution is 2.80. The Kier molecular flexibility index (Phi) is 4.44. The molecule has 13 heteroatoms. The normalized spacial score (nSPS) is 30.3. The van der Waals surface area contributed by atoms with Crippen LogP contribution in [0.3, 0.4) is 0 Å². The fourth-order valence-corrected chi connectivity index (χ4v) is 8.00. The van der Waals surface area contributed by atoms with E-state index in [-0.39, 0.29) is 0 Å². The number of halogens is 8. The zero-order chi connectivity index (χ0) is 20.4. The van der Waals surface area contributed by atoms with Crippen LogP contribution in [0.2, 0.25) is 0 Å². The number of alkyl halides is 6. The lowest BCUT2D eigenvalue weighted by molar-refractivity contribution is -0.0552. The van der Waals surface area contributed by atoms with Gasteiger partial charge in [-0.1, -0.05) is 6.08 Å². The molecule has 3 nitrogen and oxygen atoms in total. The molecule has 3 rings (SSSR count). The Morgan fingerprint density at radius 2 is 1.67 bits per heavy atom. The van der Waals surface area contributed by atoms with Crippen molar-refractivity contribution in [2.45, 2.75) is 27.1 Å². The van der Waals surface area contributed by atoms with Crippen LogP contribution < -0.4 is 0 Å². The van der Waals surface area contributed by atoms with Crippen LogP contribution in [0.4, 0.5) is 35.1 Å². The summed E-state index contributed by atoms with van der Waals surface area (Å²) in [6.45, 7) is 0. The average molecular weight is 440 g/mol. The van der Waals surface area contributed by atoms with E-state index >= 15 is 0 Å². The predicted molar refractivity (Wildman–Crippen MR) is 79.2 cm³/mol. The number of benzene rings is 1. The molecule has 150 valence electrons. The second-order valence-electron chi connectivity index (χ2n) is 5.60. The molecule has 1 aliphatic carbocycles. The van der Waals surface area contributed by atoms with Gasteiger partial charge in [-0.3, -0.25) is 0 Å². The summed E-state index contributed by atoms with van der Waals surface area (Å²) in [5.74, 6) is -3.56. The Morgan fingerprint density at radius 3 is 2.22 bits per heavy atom. The zero-order valence-electron chi connectivity index (χ0n) is 12.7. The van der Waals surface area contributed by atoms with E-state index in [0.29, 0.717) is 36.4 Å². The van der Waals surface area contributed by atoms with Gasteiger partial charge in [0.05, 0.1) is 5.25 Å². The third-order valence-corrected chi connectivity index (χ3v) is 9.07. The van der Waals surface area contributed by atoms with Crippen molar-refractivity contribution >= 4 is 20.4 Å². The second-order valence-corrected chi connectivity index (χ2v) is 10.2. The van der Waals surface area contributed by atoms with Crippen molar-refractivity contribution in [3.63, 3.8) is 0 Å². The molecule has 3 unspecified atom stereocenters. The Labute approximate surface area is 149 Å². The van der Waals surface area contributed by atoms with E-state index in [1.165, 1.54) is 0 Å². The standard InChI is InChI=1S/C14H8F8O3S2/c15-7-1-3-11-9(5-7)10-6-8(16)2-4-12(10)26(11,13(17,18)19)25-27(23,24)14(20,21)22/h1-6,9,11H. The Hall–Kier alpha value is -1.60. The Bertz CT molecular complexity index is 948. The molecule has 1 aromatic rings. The zero-order valence-corrected chi connectivity index (χ0v) is 14.3. The molecule has 27 heavy (non-hydrogen) atoms. The molecule has 0 bridgehead atoms. The number of hydrogen-bond donors (Lipinski definition) is 0. The van der Waals surface area contributed by atoms with Crippen molar-refractivity contribution in [3.05, 3.63) is 53.6 Å². The van der Waals surface area contributed by atoms with Crippen LogP contribution in [-0.2, 0) is 13.7 Å². The average Bonchev–Trinajstić information content (AvgIpc) is 2.76. The van der Waals surface area contributed by atoms with Crippen LogP contribution >= 0.6 is 10.3 Å². The van der Waals surface area contributed by atoms with E-state index in [0.717, 1.165) is 0 Å². The lowest BCUT2D eigenvalue weighted by Crippen LogP contribution is -2.36. The summed E-state index contributed by atoms with van der Waals surface area (Å²) in [5, 5.41) is -2.01. The van der Waals surface area contributed by atoms with Gasteiger partial charge in [0.1, 0.15) is 11.6 Å². The summed E-state index contributed by atoms with van der Waals surface area (Å²) in [6.07, 6.45) is 1.83. The van der Waals surface area contributed by atoms with Crippen molar-refractivity contribution in [3.8, 4) is 0 Å². The summed E-state index contributed by atoms with van der Waals surface area (Å²) >= 11 is 0. The van der Waals surface area contributed by atoms with Crippen molar-refractivity contribution in [2.75, 3.05) is 0 Å². The van der Waals surface area contributed by atoms with Crippen LogP contribution in [0.15, 0.2) is 47.1 Å². The molecule has 0 spiro atoms. The minimum Gasteiger partial charge on any atom is -0.207 e. The number of rotatable bonds is 2. The van der Waals surface area contributed by atoms with Gasteiger partial charge in [-0.15, -0.1) is 0 Å². The van der Waals surface area contributed by atoms with Gasteiger partial charge >= 0.3 is 21.1 Å². The van der Waals surface area contributed by atoms with E-state index < -0.39 is 64.7 Å². The molecule has 1 aromatic carbocycles. The SMILES string of the molecule is O=S(=O)(OS1(C(F)(F)F)c2ccc(F)cc2C2C=C(F)C=CC21)C(F)(F)F. The third-order valence-electron chi connectivity index (χ3n) is 4.00. The highest BCUT2D eigenvalue weighted by molar-refractivity contribution is 8.34. The smallest absolute Gasteiger partial charge is 0.207 e. The van der Waals surface area contributed by atoms with Gasteiger partial charge in [-0.05, 0) is 35.9 Å². The molecular weight excluding hydrogens is 432 g/mol. The van der Waals surface area contributed by atoms with Crippen LogP contribution in [0, 0.1) is 5.82 Å². The maximum atomic E-state index is 14.0. The maximum Gasteiger partial charge on any atom is 0.523 e. The third kappa shape index (κ3) is 2.95. The molecule has 0 fully saturated rings. The molecular formula is C14H8F8O3S2. The van der Waals surface area contributed by atoms with Crippen LogP contribution in [-0.4, -0.2) is 24.7 Å². The summed E-state index contributed by atoms with van der Waals surface area (Å²) < 4.78 is 134. The first-order valence-corrected chi connectivity index (χ1v) is 9.99. The summed E-state index contributed by atoms with van der Waals surface area (Å²) in [4.78, 5) is -0.949. The van der Waals surface area contributed by atoms with Crippen molar-refractivity contribution in [1.82, 2.24) is 0 Å². The highest BCUT2D eigenvalue weighted by atomic mass is 32.3. The predicted octanol–water partition coefficient (Wildman–Crippen LogP) is 5.18. The van der Waals surface area contributed by atoms with E-state index in [4.69, 9.17) is 0 Å². The summed E-state index contributed by atoms with van der Waals surface area (Å²) in [7, 11) is -11.9. The molecule has 1 heterocycles. The number of fused-ring (bicyclic) bond motifs is 3. The molecule has 0 N–H and O–H groups in total. The first kappa shape index (κ1) is 20.1. The fourth-order valence-electron chi connectivity index (χ4n) is 2.99. The molecule has 0 aromatic heterocycles. The van der Waals surface area contributed by atoms with Gasteiger partial charge in [0, 0.05) is 21.1 Å². The summed E-state index contributed by atoms with van der Waals surface area (Å²) in [6, 6.07) is 1.66. The lowest BCUT2D eigenvalue weighted by atomic mass is 9.92. The number of hydrogen-bond acceptors (Lipinski definition) is 3. The largest absolute Gasteiger partial charge is 0.523 e. The van der Waals surface area contributed by atoms with Crippen molar-refractivity contribution < 1.29 is 47.2 Å². The van der Waals surface area contributed by atoms with Gasteiger partial charge in [-0.25, -0.2) is 8.78 Å². The van der Waals surface area contributed by atoms with Gasteiger partial charge in [0.2, 0.25) is 0 Å². The molecule has 0 amide bonds. The summed E-state index contributed by atoms with van der Waals surface area (Å²) in [5.41, 5.74) is -12.2. The Morgan fingerprint density at radius 1 is 1.04 bits per heavy atom. The van der Waals surface area contributed by atoms with Gasteiger partial charge in [-0.2, -0.15) is 38.4 Å². The Balaban J connectivity index is 2.33. The molecule has 0 saturated heterocycles. The molecule has 0 saturated carbocycles. The maximum absolute atomic E-state index is 14.0. The van der Waals surface area contributed by atoms with E-state index in [9.17, 15) is 43.5 Å². The topological polar surface area (TPSA) is 43.4 Å². The van der Waals surface area contributed by atoms with E-state index in [2.05, 4.69) is 3.63 Å². The molecule has 0 radical (unpaired) electrons. The van der Waals surface area contributed by atoms with Crippen LogP contribution in [0.25, 0.3) is 0 Å². The van der Waals surface area contributed by atoms with Crippen molar-refractivity contribution in [2.24, 2.45) is 0 Å². The van der Waals surface area contributed by atoms with E-state index in [1.807, 2.05) is 0 Å². The van der Waals surface area contributed by atoms with Gasteiger partial charge < -0.3 is 0 Å². The highest BCUT2D eigenvalue weighted by Gasteiger charge is 2.68. The molecule has 3 atom stereocenters. The monoisotopic (exact) mass is 440 g/mol. The van der Waals surface area contributed by atoms with Crippen LogP contribution in [0.1, 0.15) is 11.5 Å². The quantitative estimate of drug-likeness (QED) is 0.470. The van der Waals surface area contributed by atoms with E-state index in [1.54, 1.807) is 0 Å².